The summed E-state index contributed by atoms with van der Waals surface area (Å²) in [6.45, 7) is 4.93. The van der Waals surface area contributed by atoms with E-state index in [1.165, 1.54) is 25.7 Å². The van der Waals surface area contributed by atoms with Gasteiger partial charge in [0.05, 0.1) is 6.10 Å². The van der Waals surface area contributed by atoms with Crippen molar-refractivity contribution in [3.63, 3.8) is 0 Å². The monoisotopic (exact) mass is 291 g/mol. The zero-order valence-corrected chi connectivity index (χ0v) is 13.1. The third-order valence-electron chi connectivity index (χ3n) is 5.51. The van der Waals surface area contributed by atoms with E-state index in [1.807, 2.05) is 12.1 Å². The Labute approximate surface area is 127 Å². The molecule has 1 aromatic rings. The van der Waals surface area contributed by atoms with Crippen molar-refractivity contribution in [3.05, 3.63) is 35.6 Å². The van der Waals surface area contributed by atoms with Gasteiger partial charge in [-0.15, -0.1) is 0 Å². The molecule has 2 aliphatic rings. The first-order chi connectivity index (χ1) is 10.2. The average molecular weight is 291 g/mol. The van der Waals surface area contributed by atoms with Gasteiger partial charge in [-0.25, -0.2) is 4.39 Å². The van der Waals surface area contributed by atoms with Gasteiger partial charge in [0.2, 0.25) is 0 Å². The van der Waals surface area contributed by atoms with Crippen LogP contribution in [0, 0.1) is 11.2 Å². The standard InChI is InChI=1S/C18H26FNO/c1-3-21-17-12-16(18(17)10-6-7-11-18)20-13(2)14-8-4-5-9-15(14)19/h4-5,8-9,13,16-17,20H,3,6-7,10-12H2,1-2H3. The Morgan fingerprint density at radius 2 is 2.05 bits per heavy atom. The Morgan fingerprint density at radius 1 is 1.33 bits per heavy atom. The molecule has 3 unspecified atom stereocenters. The highest BCUT2D eigenvalue weighted by molar-refractivity contribution is 5.22. The highest BCUT2D eigenvalue weighted by Gasteiger charge is 2.56. The summed E-state index contributed by atoms with van der Waals surface area (Å²) >= 11 is 0. The Balaban J connectivity index is 1.69. The molecule has 0 aliphatic heterocycles. The maximum absolute atomic E-state index is 13.9. The highest BCUT2D eigenvalue weighted by Crippen LogP contribution is 2.55. The fraction of sp³-hybridized carbons (Fsp3) is 0.667. The van der Waals surface area contributed by atoms with Gasteiger partial charge >= 0.3 is 0 Å². The van der Waals surface area contributed by atoms with E-state index in [1.54, 1.807) is 12.1 Å². The van der Waals surface area contributed by atoms with E-state index >= 15 is 0 Å². The molecule has 2 saturated carbocycles. The fourth-order valence-electron chi connectivity index (χ4n) is 4.34. The first-order valence-corrected chi connectivity index (χ1v) is 8.29. The van der Waals surface area contributed by atoms with E-state index in [4.69, 9.17) is 4.74 Å². The van der Waals surface area contributed by atoms with Gasteiger partial charge in [0, 0.05) is 29.7 Å². The lowest BCUT2D eigenvalue weighted by Gasteiger charge is -2.55. The summed E-state index contributed by atoms with van der Waals surface area (Å²) in [6, 6.07) is 7.60. The normalized spacial score (nSPS) is 28.5. The minimum Gasteiger partial charge on any atom is -0.378 e. The molecule has 0 bridgehead atoms. The van der Waals surface area contributed by atoms with Crippen LogP contribution in [-0.4, -0.2) is 18.8 Å². The highest BCUT2D eigenvalue weighted by atomic mass is 19.1. The predicted octanol–water partition coefficient (Wildman–Crippen LogP) is 4.21. The van der Waals surface area contributed by atoms with Crippen LogP contribution in [0.4, 0.5) is 4.39 Å². The molecule has 2 aliphatic carbocycles. The molecule has 0 heterocycles. The van der Waals surface area contributed by atoms with Crippen LogP contribution in [0.25, 0.3) is 0 Å². The molecule has 3 rings (SSSR count). The van der Waals surface area contributed by atoms with Gasteiger partial charge in [-0.2, -0.15) is 0 Å². The van der Waals surface area contributed by atoms with Crippen molar-refractivity contribution < 1.29 is 9.13 Å². The van der Waals surface area contributed by atoms with Crippen LogP contribution in [-0.2, 0) is 4.74 Å². The lowest BCUT2D eigenvalue weighted by molar-refractivity contribution is -0.132. The van der Waals surface area contributed by atoms with Crippen molar-refractivity contribution >= 4 is 0 Å². The number of nitrogens with one attached hydrogen (secondary N) is 1. The van der Waals surface area contributed by atoms with E-state index in [0.717, 1.165) is 18.6 Å². The van der Waals surface area contributed by atoms with E-state index < -0.39 is 0 Å². The Kier molecular flexibility index (Phi) is 4.32. The van der Waals surface area contributed by atoms with Crippen molar-refractivity contribution in [2.24, 2.45) is 5.41 Å². The summed E-state index contributed by atoms with van der Waals surface area (Å²) in [6.07, 6.45) is 6.56. The van der Waals surface area contributed by atoms with Gasteiger partial charge in [-0.05, 0) is 39.2 Å². The van der Waals surface area contributed by atoms with Crippen LogP contribution in [0.3, 0.4) is 0 Å². The molecule has 2 fully saturated rings. The van der Waals surface area contributed by atoms with Gasteiger partial charge < -0.3 is 10.1 Å². The van der Waals surface area contributed by atoms with E-state index in [-0.39, 0.29) is 11.9 Å². The number of rotatable bonds is 5. The lowest BCUT2D eigenvalue weighted by atomic mass is 9.60. The van der Waals surface area contributed by atoms with Crippen molar-refractivity contribution in [1.82, 2.24) is 5.32 Å². The third kappa shape index (κ3) is 2.62. The Hall–Kier alpha value is -0.930. The molecule has 1 spiro atoms. The summed E-state index contributed by atoms with van der Waals surface area (Å²) < 4.78 is 19.9. The summed E-state index contributed by atoms with van der Waals surface area (Å²) in [4.78, 5) is 0. The van der Waals surface area contributed by atoms with Crippen molar-refractivity contribution in [2.45, 2.75) is 64.1 Å². The van der Waals surface area contributed by atoms with Gasteiger partial charge in [0.25, 0.3) is 0 Å². The Morgan fingerprint density at radius 3 is 2.71 bits per heavy atom. The molecule has 1 N–H and O–H groups in total. The van der Waals surface area contributed by atoms with Gasteiger partial charge in [0.1, 0.15) is 5.82 Å². The van der Waals surface area contributed by atoms with E-state index in [9.17, 15) is 4.39 Å². The molecule has 0 saturated heterocycles. The number of halogens is 1. The third-order valence-corrected chi connectivity index (χ3v) is 5.51. The second-order valence-electron chi connectivity index (χ2n) is 6.58. The molecule has 2 nitrogen and oxygen atoms in total. The van der Waals surface area contributed by atoms with Crippen LogP contribution in [0.2, 0.25) is 0 Å². The molecule has 116 valence electrons. The SMILES string of the molecule is CCOC1CC(NC(C)c2ccccc2F)C12CCCC2. The predicted molar refractivity (Wildman–Crippen MR) is 82.7 cm³/mol. The quantitative estimate of drug-likeness (QED) is 0.877. The van der Waals surface area contributed by atoms with E-state index in [2.05, 4.69) is 19.2 Å². The average Bonchev–Trinajstić information content (AvgIpc) is 2.99. The fourth-order valence-corrected chi connectivity index (χ4v) is 4.34. The summed E-state index contributed by atoms with van der Waals surface area (Å²) in [5, 5.41) is 3.67. The van der Waals surface area contributed by atoms with Crippen LogP contribution < -0.4 is 5.32 Å². The molecule has 1 aromatic carbocycles. The molecular formula is C18H26FNO. The first-order valence-electron chi connectivity index (χ1n) is 8.29. The largest absolute Gasteiger partial charge is 0.378 e. The molecule has 0 aromatic heterocycles. The summed E-state index contributed by atoms with van der Waals surface area (Å²) in [7, 11) is 0. The molecule has 0 radical (unpaired) electrons. The molecule has 3 atom stereocenters. The van der Waals surface area contributed by atoms with Crippen molar-refractivity contribution in [3.8, 4) is 0 Å². The van der Waals surface area contributed by atoms with Crippen LogP contribution in [0.5, 0.6) is 0 Å². The summed E-state index contributed by atoms with van der Waals surface area (Å²) in [5.41, 5.74) is 1.07. The zero-order chi connectivity index (χ0) is 14.9. The number of benzene rings is 1. The van der Waals surface area contributed by atoms with E-state index in [0.29, 0.717) is 17.6 Å². The topological polar surface area (TPSA) is 21.3 Å². The Bertz CT molecular complexity index is 484. The molecule has 21 heavy (non-hydrogen) atoms. The summed E-state index contributed by atoms with van der Waals surface area (Å²) in [5.74, 6) is -0.112. The number of hydrogen-bond donors (Lipinski definition) is 1. The van der Waals surface area contributed by atoms with Crippen molar-refractivity contribution in [2.75, 3.05) is 6.61 Å². The molecule has 3 heteroatoms. The minimum atomic E-state index is -0.112. The lowest BCUT2D eigenvalue weighted by Crippen LogP contribution is -2.63. The van der Waals surface area contributed by atoms with Gasteiger partial charge in [-0.1, -0.05) is 31.0 Å². The maximum atomic E-state index is 13.9. The van der Waals surface area contributed by atoms with Gasteiger partial charge in [-0.3, -0.25) is 0 Å². The smallest absolute Gasteiger partial charge is 0.127 e. The minimum absolute atomic E-state index is 0.0521. The molecule has 0 amide bonds. The van der Waals surface area contributed by atoms with Crippen molar-refractivity contribution in [1.29, 1.82) is 0 Å². The van der Waals surface area contributed by atoms with Crippen LogP contribution >= 0.6 is 0 Å². The number of ether oxygens (including phenoxy) is 1. The zero-order valence-electron chi connectivity index (χ0n) is 13.1. The number of hydrogen-bond acceptors (Lipinski definition) is 2. The van der Waals surface area contributed by atoms with Crippen LogP contribution in [0.15, 0.2) is 24.3 Å². The second kappa shape index (κ2) is 6.05. The van der Waals surface area contributed by atoms with Crippen LogP contribution in [0.1, 0.15) is 57.6 Å². The maximum Gasteiger partial charge on any atom is 0.127 e. The second-order valence-corrected chi connectivity index (χ2v) is 6.58. The first kappa shape index (κ1) is 15.0. The molecular weight excluding hydrogens is 265 g/mol. The van der Waals surface area contributed by atoms with Gasteiger partial charge in [0.15, 0.2) is 0 Å².